The Morgan fingerprint density at radius 3 is 2.82 bits per heavy atom. The number of hydrogen-bond donors (Lipinski definition) is 2. The Morgan fingerprint density at radius 2 is 2.06 bits per heavy atom. The summed E-state index contributed by atoms with van der Waals surface area (Å²) in [6, 6.07) is 7.74. The second kappa shape index (κ2) is 8.40. The molecular formula is C23H25ClFN7O. The van der Waals surface area contributed by atoms with E-state index in [9.17, 15) is 9.50 Å². The van der Waals surface area contributed by atoms with E-state index in [-0.39, 0.29) is 6.54 Å². The molecule has 4 heterocycles. The van der Waals surface area contributed by atoms with E-state index in [1.54, 1.807) is 16.9 Å². The fourth-order valence-corrected chi connectivity index (χ4v) is 4.51. The van der Waals surface area contributed by atoms with E-state index in [1.807, 2.05) is 50.2 Å². The molecule has 0 bridgehead atoms. The van der Waals surface area contributed by atoms with Crippen LogP contribution < -0.4 is 5.32 Å². The number of nitrogens with one attached hydrogen (secondary N) is 1. The number of halogens is 2. The highest BCUT2D eigenvalue weighted by Crippen LogP contribution is 2.32. The van der Waals surface area contributed by atoms with Crippen molar-refractivity contribution in [3.63, 3.8) is 0 Å². The molecule has 0 saturated carbocycles. The van der Waals surface area contributed by atoms with Crippen molar-refractivity contribution >= 4 is 34.1 Å². The first-order valence-corrected chi connectivity index (χ1v) is 11.1. The lowest BCUT2D eigenvalue weighted by Crippen LogP contribution is -2.21. The number of β-amino-alcohol motifs (C(OH)–C–C–N with tert-alkyl or cyclic N) is 1. The lowest BCUT2D eigenvalue weighted by Gasteiger charge is -2.13. The smallest absolute Gasteiger partial charge is 0.229 e. The number of hydrogen-bond acceptors (Lipinski definition) is 6. The second-order valence-electron chi connectivity index (χ2n) is 8.52. The summed E-state index contributed by atoms with van der Waals surface area (Å²) >= 11 is 6.49. The molecule has 4 aromatic rings. The molecule has 0 radical (unpaired) electrons. The van der Waals surface area contributed by atoms with Crippen LogP contribution in [0.4, 0.5) is 16.0 Å². The van der Waals surface area contributed by atoms with Crippen LogP contribution in [0.3, 0.4) is 0 Å². The van der Waals surface area contributed by atoms with Gasteiger partial charge in [-0.05, 0) is 32.0 Å². The molecule has 1 aliphatic rings. The highest BCUT2D eigenvalue weighted by atomic mass is 35.5. The summed E-state index contributed by atoms with van der Waals surface area (Å²) in [6.45, 7) is 4.97. The number of aromatic nitrogens is 5. The Labute approximate surface area is 195 Å². The zero-order valence-corrected chi connectivity index (χ0v) is 19.4. The van der Waals surface area contributed by atoms with Gasteiger partial charge in [-0.3, -0.25) is 4.90 Å². The van der Waals surface area contributed by atoms with Crippen molar-refractivity contribution in [1.29, 1.82) is 0 Å². The SMILES string of the molecule is Cc1nn(-c2ccnc(Nc3ccc4c(c3)c(Cl)c(C)n4C)n2)cc1CN1CC(O)C(F)C1. The number of fused-ring (bicyclic) bond motifs is 1. The van der Waals surface area contributed by atoms with E-state index in [2.05, 4.69) is 25.0 Å². The first kappa shape index (κ1) is 21.8. The first-order chi connectivity index (χ1) is 15.8. The van der Waals surface area contributed by atoms with E-state index in [1.165, 1.54) is 0 Å². The average Bonchev–Trinajstić information content (AvgIpc) is 3.39. The van der Waals surface area contributed by atoms with Gasteiger partial charge >= 0.3 is 0 Å². The van der Waals surface area contributed by atoms with E-state index >= 15 is 0 Å². The van der Waals surface area contributed by atoms with Gasteiger partial charge in [-0.15, -0.1) is 0 Å². The summed E-state index contributed by atoms with van der Waals surface area (Å²) in [5, 5.41) is 19.2. The molecule has 0 amide bonds. The molecule has 5 rings (SSSR count). The summed E-state index contributed by atoms with van der Waals surface area (Å²) in [6.07, 6.45) is 1.43. The van der Waals surface area contributed by atoms with E-state index in [4.69, 9.17) is 11.6 Å². The number of anilines is 2. The number of nitrogens with zero attached hydrogens (tertiary/aromatic N) is 6. The normalized spacial score (nSPS) is 19.0. The van der Waals surface area contributed by atoms with Crippen molar-refractivity contribution in [2.24, 2.45) is 7.05 Å². The second-order valence-corrected chi connectivity index (χ2v) is 8.89. The maximum Gasteiger partial charge on any atom is 0.229 e. The predicted octanol–water partition coefficient (Wildman–Crippen LogP) is 3.68. The Morgan fingerprint density at radius 1 is 1.24 bits per heavy atom. The fraction of sp³-hybridized carbons (Fsp3) is 0.348. The van der Waals surface area contributed by atoms with Crippen LogP contribution in [0, 0.1) is 13.8 Å². The maximum absolute atomic E-state index is 13.6. The molecule has 0 spiro atoms. The molecule has 1 aliphatic heterocycles. The predicted molar refractivity (Wildman–Crippen MR) is 126 cm³/mol. The number of aliphatic hydroxyl groups is 1. The van der Waals surface area contributed by atoms with Crippen molar-refractivity contribution in [3.05, 3.63) is 58.6 Å². The molecule has 2 unspecified atom stereocenters. The van der Waals surface area contributed by atoms with Crippen molar-refractivity contribution in [1.82, 2.24) is 29.2 Å². The highest BCUT2D eigenvalue weighted by Gasteiger charge is 2.31. The van der Waals surface area contributed by atoms with Gasteiger partial charge in [-0.2, -0.15) is 10.1 Å². The third-order valence-corrected chi connectivity index (χ3v) is 6.71. The number of benzene rings is 1. The summed E-state index contributed by atoms with van der Waals surface area (Å²) in [5.41, 5.74) is 4.69. The fourth-order valence-electron chi connectivity index (χ4n) is 4.23. The zero-order chi connectivity index (χ0) is 23.3. The van der Waals surface area contributed by atoms with Crippen LogP contribution in [0.5, 0.6) is 0 Å². The van der Waals surface area contributed by atoms with Gasteiger partial charge in [0.25, 0.3) is 0 Å². The van der Waals surface area contributed by atoms with Crippen LogP contribution in [0.25, 0.3) is 16.7 Å². The van der Waals surface area contributed by atoms with E-state index in [0.717, 1.165) is 38.6 Å². The molecule has 10 heteroatoms. The molecule has 8 nitrogen and oxygen atoms in total. The van der Waals surface area contributed by atoms with Crippen LogP contribution in [-0.4, -0.2) is 59.7 Å². The Balaban J connectivity index is 1.37. The topological polar surface area (TPSA) is 84.0 Å². The lowest BCUT2D eigenvalue weighted by atomic mass is 10.2. The van der Waals surface area contributed by atoms with Gasteiger partial charge in [0, 0.05) is 73.0 Å². The van der Waals surface area contributed by atoms with Gasteiger partial charge in [-0.1, -0.05) is 11.6 Å². The van der Waals surface area contributed by atoms with Crippen LogP contribution >= 0.6 is 11.6 Å². The number of rotatable bonds is 5. The van der Waals surface area contributed by atoms with Gasteiger partial charge in [0.15, 0.2) is 5.82 Å². The molecule has 2 N–H and O–H groups in total. The zero-order valence-electron chi connectivity index (χ0n) is 18.6. The highest BCUT2D eigenvalue weighted by molar-refractivity contribution is 6.36. The third kappa shape index (κ3) is 4.07. The van der Waals surface area contributed by atoms with Gasteiger partial charge in [0.05, 0.1) is 16.8 Å². The van der Waals surface area contributed by atoms with Crippen LogP contribution in [-0.2, 0) is 13.6 Å². The van der Waals surface area contributed by atoms with E-state index < -0.39 is 12.3 Å². The molecular weight excluding hydrogens is 445 g/mol. The average molecular weight is 470 g/mol. The first-order valence-electron chi connectivity index (χ1n) is 10.7. The third-order valence-electron chi connectivity index (χ3n) is 6.24. The molecule has 2 atom stereocenters. The Kier molecular flexibility index (Phi) is 5.55. The molecule has 3 aromatic heterocycles. The van der Waals surface area contributed by atoms with Gasteiger partial charge in [0.1, 0.15) is 6.17 Å². The molecule has 172 valence electrons. The minimum atomic E-state index is -1.20. The largest absolute Gasteiger partial charge is 0.389 e. The van der Waals surface area contributed by atoms with Gasteiger partial charge in [-0.25, -0.2) is 14.1 Å². The quantitative estimate of drug-likeness (QED) is 0.464. The van der Waals surface area contributed by atoms with Crippen LogP contribution in [0.2, 0.25) is 5.02 Å². The van der Waals surface area contributed by atoms with E-state index in [0.29, 0.717) is 24.9 Å². The molecule has 1 aromatic carbocycles. The summed E-state index contributed by atoms with van der Waals surface area (Å²) in [4.78, 5) is 10.8. The summed E-state index contributed by atoms with van der Waals surface area (Å²) in [7, 11) is 1.99. The van der Waals surface area contributed by atoms with Crippen molar-refractivity contribution in [2.45, 2.75) is 32.7 Å². The maximum atomic E-state index is 13.6. The summed E-state index contributed by atoms with van der Waals surface area (Å²) < 4.78 is 17.4. The number of alkyl halides is 1. The Bertz CT molecular complexity index is 1320. The standard InChI is InChI=1S/C23H25ClFN7O/c1-13-15(9-31-11-18(25)20(33)12-31)10-32(29-13)21-6-7-26-23(28-21)27-16-4-5-19-17(8-16)22(24)14(2)30(19)3/h4-8,10,18,20,33H,9,11-12H2,1-3H3,(H,26,27,28). The monoisotopic (exact) mass is 469 g/mol. The molecule has 1 saturated heterocycles. The van der Waals surface area contributed by atoms with Gasteiger partial charge < -0.3 is 15.0 Å². The summed E-state index contributed by atoms with van der Waals surface area (Å²) in [5.74, 6) is 1.05. The van der Waals surface area contributed by atoms with Crippen LogP contribution in [0.15, 0.2) is 36.7 Å². The van der Waals surface area contributed by atoms with Crippen LogP contribution in [0.1, 0.15) is 17.0 Å². The van der Waals surface area contributed by atoms with Gasteiger partial charge in [0.2, 0.25) is 5.95 Å². The molecule has 1 fully saturated rings. The van der Waals surface area contributed by atoms with Crippen molar-refractivity contribution in [2.75, 3.05) is 18.4 Å². The Hall–Kier alpha value is -3.01. The molecule has 0 aliphatic carbocycles. The number of likely N-dealkylation sites (tertiary alicyclic amines) is 1. The van der Waals surface area contributed by atoms with Crippen molar-refractivity contribution < 1.29 is 9.50 Å². The minimum absolute atomic E-state index is 0.225. The number of aryl methyl sites for hydroxylation is 2. The number of aliphatic hydroxyl groups excluding tert-OH is 1. The molecule has 33 heavy (non-hydrogen) atoms. The lowest BCUT2D eigenvalue weighted by molar-refractivity contribution is 0.115. The minimum Gasteiger partial charge on any atom is -0.389 e. The van der Waals surface area contributed by atoms with Crippen molar-refractivity contribution in [3.8, 4) is 5.82 Å².